The Morgan fingerprint density at radius 1 is 0.765 bits per heavy atom. The van der Waals surface area contributed by atoms with Gasteiger partial charge in [0.25, 0.3) is 0 Å². The Morgan fingerprint density at radius 3 is 2.12 bits per heavy atom. The molecule has 2 nitrogen and oxygen atoms in total. The van der Waals surface area contributed by atoms with Crippen LogP contribution in [0.25, 0.3) is 10.8 Å². The van der Waals surface area contributed by atoms with E-state index in [0.717, 1.165) is 22.4 Å². The number of rotatable bonds is 9. The highest BCUT2D eigenvalue weighted by molar-refractivity contribution is 5.93. The zero-order valence-corrected chi connectivity index (χ0v) is 18.9. The van der Waals surface area contributed by atoms with Gasteiger partial charge in [-0.2, -0.15) is 13.2 Å². The quantitative estimate of drug-likeness (QED) is 0.248. The van der Waals surface area contributed by atoms with E-state index in [0.29, 0.717) is 30.9 Å². The highest BCUT2D eigenvalue weighted by atomic mass is 19.4. The van der Waals surface area contributed by atoms with Crippen molar-refractivity contribution in [2.45, 2.75) is 38.7 Å². The largest absolute Gasteiger partial charge is 0.488 e. The highest BCUT2D eigenvalue weighted by Gasteiger charge is 2.35. The smallest absolute Gasteiger partial charge is 0.416 e. The second kappa shape index (κ2) is 10.6. The number of hydrogen-bond acceptors (Lipinski definition) is 2. The van der Waals surface area contributed by atoms with Crippen molar-refractivity contribution in [3.8, 4) is 11.5 Å². The maximum absolute atomic E-state index is 13.7. The first-order valence-corrected chi connectivity index (χ1v) is 11.3. The molecule has 175 valence electrons. The Labute approximate surface area is 198 Å². The number of alkyl halides is 3. The summed E-state index contributed by atoms with van der Waals surface area (Å²) in [5.41, 5.74) is 0.528. The molecular weight excluding hydrogens is 437 g/mol. The highest BCUT2D eigenvalue weighted by Crippen LogP contribution is 2.40. The van der Waals surface area contributed by atoms with Crippen LogP contribution in [-0.2, 0) is 12.8 Å². The molecule has 0 saturated carbocycles. The molecule has 0 heterocycles. The number of halogens is 3. The molecule has 0 aliphatic carbocycles. The van der Waals surface area contributed by atoms with E-state index in [-0.39, 0.29) is 5.56 Å². The number of fused-ring (bicyclic) bond motifs is 1. The molecule has 0 spiro atoms. The summed E-state index contributed by atoms with van der Waals surface area (Å²) in [5.74, 6) is 1.22. The molecule has 0 amide bonds. The van der Waals surface area contributed by atoms with Crippen molar-refractivity contribution in [1.82, 2.24) is 0 Å². The molecule has 0 bridgehead atoms. The summed E-state index contributed by atoms with van der Waals surface area (Å²) < 4.78 is 53.5. The Kier molecular flexibility index (Phi) is 7.41. The van der Waals surface area contributed by atoms with Gasteiger partial charge in [-0.15, -0.1) is 0 Å². The minimum atomic E-state index is -4.45. The zero-order chi connectivity index (χ0) is 24.0. The van der Waals surface area contributed by atoms with Crippen molar-refractivity contribution in [2.24, 2.45) is 0 Å². The van der Waals surface area contributed by atoms with Crippen molar-refractivity contribution in [2.75, 3.05) is 0 Å². The first-order chi connectivity index (χ1) is 16.5. The van der Waals surface area contributed by atoms with Crippen molar-refractivity contribution >= 4 is 10.8 Å². The molecule has 0 N–H and O–H groups in total. The molecule has 0 aliphatic rings. The first kappa shape index (κ1) is 23.7. The Balaban J connectivity index is 1.67. The molecule has 0 fully saturated rings. The topological polar surface area (TPSA) is 18.5 Å². The van der Waals surface area contributed by atoms with Gasteiger partial charge in [0.2, 0.25) is 0 Å². The van der Waals surface area contributed by atoms with Crippen LogP contribution in [0.1, 0.15) is 42.6 Å². The lowest BCUT2D eigenvalue weighted by Gasteiger charge is -2.24. The normalized spacial score (nSPS) is 12.5. The lowest BCUT2D eigenvalue weighted by molar-refractivity contribution is -0.139. The fourth-order valence-electron chi connectivity index (χ4n) is 4.00. The third-order valence-electron chi connectivity index (χ3n) is 5.68. The fourth-order valence-corrected chi connectivity index (χ4v) is 4.00. The molecular formula is C29H26F3O2. The summed E-state index contributed by atoms with van der Waals surface area (Å²) in [6.45, 7) is 2.31. The van der Waals surface area contributed by atoms with E-state index in [1.165, 1.54) is 12.1 Å². The van der Waals surface area contributed by atoms with Crippen LogP contribution in [0.3, 0.4) is 0 Å². The molecule has 0 aromatic heterocycles. The van der Waals surface area contributed by atoms with Gasteiger partial charge in [-0.05, 0) is 43.0 Å². The van der Waals surface area contributed by atoms with Gasteiger partial charge in [-0.25, -0.2) is 0 Å². The monoisotopic (exact) mass is 463 g/mol. The minimum absolute atomic E-state index is 0.144. The van der Waals surface area contributed by atoms with E-state index in [2.05, 4.69) is 0 Å². The van der Waals surface area contributed by atoms with Crippen molar-refractivity contribution in [3.05, 3.63) is 114 Å². The van der Waals surface area contributed by atoms with E-state index in [4.69, 9.17) is 9.47 Å². The minimum Gasteiger partial charge on any atom is -0.488 e. The average Bonchev–Trinajstić information content (AvgIpc) is 2.85. The van der Waals surface area contributed by atoms with Gasteiger partial charge in [0.1, 0.15) is 24.2 Å². The molecule has 4 aromatic carbocycles. The van der Waals surface area contributed by atoms with Crippen LogP contribution >= 0.6 is 0 Å². The lowest BCUT2D eigenvalue weighted by atomic mass is 9.97. The van der Waals surface area contributed by atoms with Gasteiger partial charge in [-0.1, -0.05) is 79.7 Å². The van der Waals surface area contributed by atoms with Crippen LogP contribution in [0.2, 0.25) is 0 Å². The van der Waals surface area contributed by atoms with Crippen LogP contribution in [0, 0.1) is 6.42 Å². The van der Waals surface area contributed by atoms with Gasteiger partial charge in [0, 0.05) is 16.3 Å². The molecule has 34 heavy (non-hydrogen) atoms. The average molecular weight is 464 g/mol. The molecule has 0 saturated heterocycles. The van der Waals surface area contributed by atoms with E-state index in [1.807, 2.05) is 74.0 Å². The summed E-state index contributed by atoms with van der Waals surface area (Å²) in [6, 6.07) is 26.7. The van der Waals surface area contributed by atoms with Crippen LogP contribution in [-0.4, -0.2) is 0 Å². The van der Waals surface area contributed by atoms with Crippen LogP contribution in [0.4, 0.5) is 13.2 Å². The summed E-state index contributed by atoms with van der Waals surface area (Å²) in [7, 11) is 0. The second-order valence-corrected chi connectivity index (χ2v) is 8.06. The van der Waals surface area contributed by atoms with E-state index >= 15 is 0 Å². The predicted molar refractivity (Wildman–Crippen MR) is 129 cm³/mol. The lowest BCUT2D eigenvalue weighted by Crippen LogP contribution is -2.16. The van der Waals surface area contributed by atoms with Crippen molar-refractivity contribution in [1.29, 1.82) is 0 Å². The Morgan fingerprint density at radius 2 is 1.41 bits per heavy atom. The fraction of sp³-hybridized carbons (Fsp3) is 0.207. The second-order valence-electron chi connectivity index (χ2n) is 8.06. The van der Waals surface area contributed by atoms with Gasteiger partial charge >= 0.3 is 6.18 Å². The van der Waals surface area contributed by atoms with Gasteiger partial charge in [-0.3, -0.25) is 0 Å². The van der Waals surface area contributed by atoms with Crippen LogP contribution in [0.15, 0.2) is 91.0 Å². The third kappa shape index (κ3) is 5.53. The predicted octanol–water partition coefficient (Wildman–Crippen LogP) is 8.56. The maximum Gasteiger partial charge on any atom is 0.416 e. The summed E-state index contributed by atoms with van der Waals surface area (Å²) in [6.07, 6.45) is -2.19. The molecule has 1 radical (unpaired) electrons. The number of ether oxygens (including phenoxy) is 2. The van der Waals surface area contributed by atoms with Gasteiger partial charge in [0.05, 0.1) is 5.56 Å². The van der Waals surface area contributed by atoms with E-state index in [1.54, 1.807) is 12.1 Å². The number of benzene rings is 4. The number of hydrogen-bond donors (Lipinski definition) is 0. The molecule has 5 heteroatoms. The van der Waals surface area contributed by atoms with Crippen LogP contribution in [0.5, 0.6) is 11.5 Å². The van der Waals surface area contributed by atoms with Crippen molar-refractivity contribution < 1.29 is 22.6 Å². The molecule has 1 atom stereocenters. The molecule has 4 rings (SSSR count). The summed E-state index contributed by atoms with van der Waals surface area (Å²) >= 11 is 0. The third-order valence-corrected chi connectivity index (χ3v) is 5.68. The molecule has 1 unspecified atom stereocenters. The SMILES string of the molecule is C[CH]CCC(Oc1cccc2c(OCc3ccccc3)cccc12)c1ccccc1C(F)(F)F. The number of unbranched alkanes of at least 4 members (excludes halogenated alkanes) is 1. The Bertz CT molecular complexity index is 1220. The first-order valence-electron chi connectivity index (χ1n) is 11.3. The summed E-state index contributed by atoms with van der Waals surface area (Å²) in [4.78, 5) is 0. The maximum atomic E-state index is 13.7. The summed E-state index contributed by atoms with van der Waals surface area (Å²) in [5, 5.41) is 1.64. The molecule has 0 aliphatic heterocycles. The Hall–Kier alpha value is -3.47. The molecule has 4 aromatic rings. The van der Waals surface area contributed by atoms with Gasteiger partial charge in [0.15, 0.2) is 0 Å². The van der Waals surface area contributed by atoms with Gasteiger partial charge < -0.3 is 9.47 Å². The standard InChI is InChI=1S/C29H26F3O2/c1-2-3-17-28(24-13-7-8-16-25(24)29(30,31)32)34-27-19-10-14-22-23(27)15-9-18-26(22)33-20-21-11-5-4-6-12-21/h2,4-16,18-19,28H,3,17,20H2,1H3. The van der Waals surface area contributed by atoms with E-state index < -0.39 is 17.8 Å². The van der Waals surface area contributed by atoms with Crippen LogP contribution < -0.4 is 9.47 Å². The van der Waals surface area contributed by atoms with Crippen molar-refractivity contribution in [3.63, 3.8) is 0 Å². The zero-order valence-electron chi connectivity index (χ0n) is 18.9. The van der Waals surface area contributed by atoms with E-state index in [9.17, 15) is 13.2 Å².